The van der Waals surface area contributed by atoms with Crippen LogP contribution in [0.4, 0.5) is 5.13 Å². The van der Waals surface area contributed by atoms with Crippen LogP contribution in [0.5, 0.6) is 5.88 Å². The summed E-state index contributed by atoms with van der Waals surface area (Å²) in [5.74, 6) is 0.473. The molecule has 0 radical (unpaired) electrons. The fraction of sp³-hybridized carbons (Fsp3) is 0.400. The number of hydrogen-bond acceptors (Lipinski definition) is 8. The van der Waals surface area contributed by atoms with E-state index in [2.05, 4.69) is 15.1 Å². The van der Waals surface area contributed by atoms with Crippen LogP contribution in [0, 0.1) is 0 Å². The van der Waals surface area contributed by atoms with Gasteiger partial charge in [-0.15, -0.1) is 0 Å². The number of aromatic nitrogens is 4. The van der Waals surface area contributed by atoms with Gasteiger partial charge >= 0.3 is 0 Å². The first-order valence-electron chi connectivity index (χ1n) is 7.41. The molecule has 0 amide bonds. The Bertz CT molecular complexity index is 817. The van der Waals surface area contributed by atoms with Gasteiger partial charge in [0, 0.05) is 30.6 Å². The zero-order chi connectivity index (χ0) is 16.9. The zero-order valence-corrected chi connectivity index (χ0v) is 14.4. The smallest absolute Gasteiger partial charge is 0.241 e. The predicted octanol–water partition coefficient (Wildman–Crippen LogP) is 1.81. The molecule has 0 fully saturated rings. The van der Waals surface area contributed by atoms with Gasteiger partial charge in [-0.05, 0) is 0 Å². The summed E-state index contributed by atoms with van der Waals surface area (Å²) < 4.78 is 18.4. The summed E-state index contributed by atoms with van der Waals surface area (Å²) in [7, 11) is 3.22. The van der Waals surface area contributed by atoms with Crippen molar-refractivity contribution >= 4 is 26.7 Å². The van der Waals surface area contributed by atoms with Gasteiger partial charge in [-0.25, -0.2) is 9.97 Å². The standard InChI is InChI=1S/C15H19N5O3S/c1-21-5-6-23-4-3-20-9-10(7-18-20)11-8-17-14(22-2)12-13(11)24-15(16)19-12/h7-9H,3-6H2,1-2H3,(H2,16,19). The molecule has 0 aliphatic heterocycles. The molecule has 9 heteroatoms. The lowest BCUT2D eigenvalue weighted by atomic mass is 10.1. The molecule has 0 bridgehead atoms. The molecule has 2 N–H and O–H groups in total. The molecule has 0 saturated carbocycles. The molecule has 3 aromatic rings. The number of rotatable bonds is 8. The summed E-state index contributed by atoms with van der Waals surface area (Å²) in [6.07, 6.45) is 5.52. The van der Waals surface area contributed by atoms with Gasteiger partial charge in [-0.1, -0.05) is 11.3 Å². The van der Waals surface area contributed by atoms with E-state index < -0.39 is 0 Å². The van der Waals surface area contributed by atoms with Crippen molar-refractivity contribution in [2.45, 2.75) is 6.54 Å². The lowest BCUT2D eigenvalue weighted by molar-refractivity contribution is 0.0654. The SMILES string of the molecule is COCCOCCn1cc(-c2cnc(OC)c3nc(N)sc23)cn1. The molecule has 8 nitrogen and oxygen atoms in total. The number of thiazole rings is 1. The Morgan fingerprint density at radius 2 is 2.08 bits per heavy atom. The number of ether oxygens (including phenoxy) is 3. The molecule has 0 saturated heterocycles. The molecule has 0 spiro atoms. The van der Waals surface area contributed by atoms with Crippen molar-refractivity contribution in [1.29, 1.82) is 0 Å². The first kappa shape index (κ1) is 16.6. The van der Waals surface area contributed by atoms with Crippen LogP contribution < -0.4 is 10.5 Å². The summed E-state index contributed by atoms with van der Waals surface area (Å²) in [5.41, 5.74) is 8.41. The van der Waals surface area contributed by atoms with E-state index in [0.717, 1.165) is 15.8 Å². The number of anilines is 1. The normalized spacial score (nSPS) is 11.2. The minimum atomic E-state index is 0.473. The molecule has 24 heavy (non-hydrogen) atoms. The van der Waals surface area contributed by atoms with E-state index in [4.69, 9.17) is 19.9 Å². The van der Waals surface area contributed by atoms with Crippen molar-refractivity contribution in [3.63, 3.8) is 0 Å². The molecular formula is C15H19N5O3S. The Balaban J connectivity index is 1.79. The van der Waals surface area contributed by atoms with E-state index in [1.54, 1.807) is 26.6 Å². The summed E-state index contributed by atoms with van der Waals surface area (Å²) in [6.45, 7) is 2.41. The number of hydrogen-bond donors (Lipinski definition) is 1. The zero-order valence-electron chi connectivity index (χ0n) is 13.6. The van der Waals surface area contributed by atoms with Crippen LogP contribution in [0.1, 0.15) is 0 Å². The van der Waals surface area contributed by atoms with Crippen molar-refractivity contribution in [2.75, 3.05) is 39.8 Å². The fourth-order valence-electron chi connectivity index (χ4n) is 2.29. The third-order valence-electron chi connectivity index (χ3n) is 3.44. The molecular weight excluding hydrogens is 330 g/mol. The number of pyridine rings is 1. The number of nitrogen functional groups attached to an aromatic ring is 1. The van der Waals surface area contributed by atoms with Gasteiger partial charge in [0.1, 0.15) is 5.52 Å². The van der Waals surface area contributed by atoms with Crippen molar-refractivity contribution in [3.8, 4) is 17.0 Å². The molecule has 0 atom stereocenters. The van der Waals surface area contributed by atoms with Crippen LogP contribution >= 0.6 is 11.3 Å². The Kier molecular flexibility index (Phi) is 5.24. The van der Waals surface area contributed by atoms with E-state index in [9.17, 15) is 0 Å². The second-order valence-corrected chi connectivity index (χ2v) is 6.04. The second kappa shape index (κ2) is 7.56. The second-order valence-electron chi connectivity index (χ2n) is 5.01. The van der Waals surface area contributed by atoms with Crippen LogP contribution in [0.2, 0.25) is 0 Å². The van der Waals surface area contributed by atoms with E-state index >= 15 is 0 Å². The Morgan fingerprint density at radius 3 is 2.88 bits per heavy atom. The van der Waals surface area contributed by atoms with Crippen molar-refractivity contribution in [1.82, 2.24) is 19.7 Å². The summed E-state index contributed by atoms with van der Waals surface area (Å²) in [5, 5.41) is 4.85. The highest BCUT2D eigenvalue weighted by Gasteiger charge is 2.15. The quantitative estimate of drug-likeness (QED) is 0.619. The maximum Gasteiger partial charge on any atom is 0.241 e. The molecule has 0 unspecified atom stereocenters. The minimum absolute atomic E-state index is 0.473. The highest BCUT2D eigenvalue weighted by atomic mass is 32.1. The average molecular weight is 349 g/mol. The van der Waals surface area contributed by atoms with E-state index in [1.165, 1.54) is 11.3 Å². The van der Waals surface area contributed by atoms with Crippen LogP contribution in [-0.2, 0) is 16.0 Å². The molecule has 0 aromatic carbocycles. The van der Waals surface area contributed by atoms with Crippen molar-refractivity contribution in [2.24, 2.45) is 0 Å². The van der Waals surface area contributed by atoms with Crippen LogP contribution in [0.15, 0.2) is 18.6 Å². The monoisotopic (exact) mass is 349 g/mol. The topological polar surface area (TPSA) is 97.3 Å². The van der Waals surface area contributed by atoms with Crippen molar-refractivity contribution in [3.05, 3.63) is 18.6 Å². The van der Waals surface area contributed by atoms with Crippen LogP contribution in [-0.4, -0.2) is 53.8 Å². The number of fused-ring (bicyclic) bond motifs is 1. The summed E-state index contributed by atoms with van der Waals surface area (Å²) in [4.78, 5) is 8.62. The van der Waals surface area contributed by atoms with E-state index in [-0.39, 0.29) is 0 Å². The molecule has 3 rings (SSSR count). The first-order valence-corrected chi connectivity index (χ1v) is 8.23. The van der Waals surface area contributed by atoms with Gasteiger partial charge in [-0.3, -0.25) is 4.68 Å². The summed E-state index contributed by atoms with van der Waals surface area (Å²) in [6, 6.07) is 0. The molecule has 3 heterocycles. The van der Waals surface area contributed by atoms with Gasteiger partial charge in [-0.2, -0.15) is 5.10 Å². The Hall–Kier alpha value is -2.23. The minimum Gasteiger partial charge on any atom is -0.479 e. The average Bonchev–Trinajstić information content (AvgIpc) is 3.19. The van der Waals surface area contributed by atoms with Gasteiger partial charge in [0.05, 0.1) is 44.4 Å². The Morgan fingerprint density at radius 1 is 1.21 bits per heavy atom. The van der Waals surface area contributed by atoms with Gasteiger partial charge < -0.3 is 19.9 Å². The van der Waals surface area contributed by atoms with Gasteiger partial charge in [0.25, 0.3) is 0 Å². The molecule has 0 aliphatic rings. The number of methoxy groups -OCH3 is 2. The third-order valence-corrected chi connectivity index (χ3v) is 4.35. The highest BCUT2D eigenvalue weighted by Crippen LogP contribution is 2.37. The maximum absolute atomic E-state index is 5.85. The van der Waals surface area contributed by atoms with Gasteiger partial charge in [0.15, 0.2) is 5.13 Å². The lowest BCUT2D eigenvalue weighted by Gasteiger charge is -2.04. The van der Waals surface area contributed by atoms with Crippen molar-refractivity contribution < 1.29 is 14.2 Å². The highest BCUT2D eigenvalue weighted by molar-refractivity contribution is 7.22. The fourth-order valence-corrected chi connectivity index (χ4v) is 3.15. The predicted molar refractivity (Wildman–Crippen MR) is 92.3 cm³/mol. The molecule has 3 aromatic heterocycles. The molecule has 0 aliphatic carbocycles. The summed E-state index contributed by atoms with van der Waals surface area (Å²) >= 11 is 1.41. The lowest BCUT2D eigenvalue weighted by Crippen LogP contribution is -2.09. The third kappa shape index (κ3) is 3.48. The number of nitrogens with two attached hydrogens (primary N) is 1. The Labute approximate surface area is 143 Å². The van der Waals surface area contributed by atoms with Crippen LogP contribution in [0.25, 0.3) is 21.3 Å². The largest absolute Gasteiger partial charge is 0.479 e. The number of nitrogens with zero attached hydrogens (tertiary/aromatic N) is 4. The van der Waals surface area contributed by atoms with Gasteiger partial charge in [0.2, 0.25) is 5.88 Å². The van der Waals surface area contributed by atoms with E-state index in [1.807, 2.05) is 10.9 Å². The first-order chi connectivity index (χ1) is 11.7. The maximum atomic E-state index is 5.85. The van der Waals surface area contributed by atoms with E-state index in [0.29, 0.717) is 42.9 Å². The van der Waals surface area contributed by atoms with Crippen LogP contribution in [0.3, 0.4) is 0 Å². The molecule has 128 valence electrons.